The minimum absolute atomic E-state index is 0.116. The van der Waals surface area contributed by atoms with Crippen molar-refractivity contribution in [1.82, 2.24) is 5.32 Å². The first-order valence-electron chi connectivity index (χ1n) is 6.06. The molecule has 1 aromatic rings. The van der Waals surface area contributed by atoms with E-state index < -0.39 is 11.9 Å². The highest BCUT2D eigenvalue weighted by Crippen LogP contribution is 2.24. The van der Waals surface area contributed by atoms with Gasteiger partial charge in [0.1, 0.15) is 11.8 Å². The predicted molar refractivity (Wildman–Crippen MR) is 75.8 cm³/mol. The molecule has 0 saturated carbocycles. The number of rotatable bonds is 4. The Balaban J connectivity index is 2.24. The Morgan fingerprint density at radius 2 is 2.15 bits per heavy atom. The molecule has 0 saturated heterocycles. The van der Waals surface area contributed by atoms with Crippen molar-refractivity contribution in [3.63, 3.8) is 0 Å². The van der Waals surface area contributed by atoms with Crippen molar-refractivity contribution in [1.29, 1.82) is 0 Å². The number of primary amides is 1. The van der Waals surface area contributed by atoms with Crippen LogP contribution in [0.5, 0.6) is 0 Å². The molecule has 0 fully saturated rings. The van der Waals surface area contributed by atoms with E-state index in [0.29, 0.717) is 5.69 Å². The zero-order valence-corrected chi connectivity index (χ0v) is 10.7. The zero-order valence-electron chi connectivity index (χ0n) is 10.7. The molecule has 20 heavy (non-hydrogen) atoms. The summed E-state index contributed by atoms with van der Waals surface area (Å²) in [7, 11) is 0. The summed E-state index contributed by atoms with van der Waals surface area (Å²) in [5, 5.41) is 8.17. The Morgan fingerprint density at radius 3 is 2.75 bits per heavy atom. The van der Waals surface area contributed by atoms with Gasteiger partial charge in [-0.1, -0.05) is 24.1 Å². The van der Waals surface area contributed by atoms with Crippen LogP contribution in [0.1, 0.15) is 6.42 Å². The van der Waals surface area contributed by atoms with Crippen molar-refractivity contribution in [2.45, 2.75) is 12.5 Å². The highest BCUT2D eigenvalue weighted by Gasteiger charge is 2.34. The minimum atomic E-state index is -0.663. The normalized spacial score (nSPS) is 17.2. The number of anilines is 1. The molecule has 0 unspecified atom stereocenters. The molecule has 0 bridgehead atoms. The molecular formula is C14H14N4O2. The van der Waals surface area contributed by atoms with E-state index in [1.165, 1.54) is 5.01 Å². The van der Waals surface area contributed by atoms with Crippen LogP contribution in [0.2, 0.25) is 0 Å². The minimum Gasteiger partial charge on any atom is -0.368 e. The van der Waals surface area contributed by atoms with Crippen molar-refractivity contribution in [2.24, 2.45) is 10.8 Å². The third-order valence-corrected chi connectivity index (χ3v) is 2.87. The number of nitrogens with zero attached hydrogens (tertiary/aromatic N) is 2. The number of nitrogens with two attached hydrogens (primary N) is 1. The van der Waals surface area contributed by atoms with Gasteiger partial charge in [-0.3, -0.25) is 14.6 Å². The number of nitrogens with one attached hydrogen (secondary N) is 1. The smallest absolute Gasteiger partial charge is 0.268 e. The molecule has 1 aliphatic rings. The van der Waals surface area contributed by atoms with Gasteiger partial charge in [0.25, 0.3) is 5.91 Å². The van der Waals surface area contributed by atoms with Crippen LogP contribution >= 0.6 is 0 Å². The zero-order chi connectivity index (χ0) is 14.5. The summed E-state index contributed by atoms with van der Waals surface area (Å²) in [6.45, 7) is 0.116. The molecule has 0 aliphatic carbocycles. The number of hydrazone groups is 1. The largest absolute Gasteiger partial charge is 0.368 e. The first-order valence-corrected chi connectivity index (χ1v) is 6.06. The molecule has 2 rings (SSSR count). The van der Waals surface area contributed by atoms with Gasteiger partial charge in [0, 0.05) is 6.42 Å². The van der Waals surface area contributed by atoms with Gasteiger partial charge < -0.3 is 11.1 Å². The van der Waals surface area contributed by atoms with Crippen molar-refractivity contribution in [3.05, 3.63) is 30.3 Å². The Hall–Kier alpha value is -2.81. The number of carbonyl (C=O) groups is 2. The maximum Gasteiger partial charge on any atom is 0.268 e. The monoisotopic (exact) mass is 270 g/mol. The molecule has 6 nitrogen and oxygen atoms in total. The van der Waals surface area contributed by atoms with Crippen LogP contribution in [0, 0.1) is 12.3 Å². The average Bonchev–Trinajstić information content (AvgIpc) is 2.91. The molecule has 0 spiro atoms. The Labute approximate surface area is 116 Å². The lowest BCUT2D eigenvalue weighted by Crippen LogP contribution is -2.39. The number of amides is 2. The van der Waals surface area contributed by atoms with E-state index in [9.17, 15) is 9.59 Å². The Kier molecular flexibility index (Phi) is 4.01. The van der Waals surface area contributed by atoms with E-state index >= 15 is 0 Å². The third kappa shape index (κ3) is 2.78. The topological polar surface area (TPSA) is 87.8 Å². The highest BCUT2D eigenvalue weighted by molar-refractivity contribution is 6.40. The molecule has 6 heteroatoms. The summed E-state index contributed by atoms with van der Waals surface area (Å²) in [6, 6.07) is 8.41. The van der Waals surface area contributed by atoms with Crippen molar-refractivity contribution < 1.29 is 9.59 Å². The number of hydrogen-bond acceptors (Lipinski definition) is 4. The maximum atomic E-state index is 11.8. The highest BCUT2D eigenvalue weighted by atomic mass is 16.2. The van der Waals surface area contributed by atoms with Crippen LogP contribution in [-0.4, -0.2) is 30.1 Å². The molecule has 0 radical (unpaired) electrons. The van der Waals surface area contributed by atoms with Crippen molar-refractivity contribution in [3.8, 4) is 12.3 Å². The van der Waals surface area contributed by atoms with Crippen LogP contribution < -0.4 is 16.1 Å². The molecule has 0 aromatic heterocycles. The third-order valence-electron chi connectivity index (χ3n) is 2.87. The average molecular weight is 270 g/mol. The SMILES string of the molecule is C#CCNC(=O)C1=NN(c2ccccc2)[C@H](C(N)=O)C1. The summed E-state index contributed by atoms with van der Waals surface area (Å²) >= 11 is 0. The Bertz CT molecular complexity index is 589. The van der Waals surface area contributed by atoms with Crippen LogP contribution in [-0.2, 0) is 9.59 Å². The van der Waals surface area contributed by atoms with Gasteiger partial charge in [-0.2, -0.15) is 5.10 Å². The van der Waals surface area contributed by atoms with Crippen LogP contribution in [0.3, 0.4) is 0 Å². The molecule has 102 valence electrons. The number of terminal acetylenes is 1. The molecule has 1 heterocycles. The summed E-state index contributed by atoms with van der Waals surface area (Å²) in [4.78, 5) is 23.3. The van der Waals surface area contributed by atoms with E-state index in [1.54, 1.807) is 12.1 Å². The quantitative estimate of drug-likeness (QED) is 0.746. The van der Waals surface area contributed by atoms with E-state index in [1.807, 2.05) is 18.2 Å². The van der Waals surface area contributed by atoms with Gasteiger partial charge >= 0.3 is 0 Å². The second kappa shape index (κ2) is 5.89. The number of benzene rings is 1. The van der Waals surface area contributed by atoms with Gasteiger partial charge in [0.15, 0.2) is 0 Å². The fraction of sp³-hybridized carbons (Fsp3) is 0.214. The van der Waals surface area contributed by atoms with Crippen molar-refractivity contribution in [2.75, 3.05) is 11.6 Å². The standard InChI is InChI=1S/C14H14N4O2/c1-2-8-16-14(20)11-9-12(13(15)19)18(17-11)10-6-4-3-5-7-10/h1,3-7,12H,8-9H2,(H2,15,19)(H,16,20)/t12-/m0/s1. The second-order valence-electron chi connectivity index (χ2n) is 4.24. The molecule has 2 amide bonds. The van der Waals surface area contributed by atoms with Gasteiger partial charge in [-0.15, -0.1) is 6.42 Å². The number of para-hydroxylation sites is 1. The number of carbonyl (C=O) groups excluding carboxylic acids is 2. The molecule has 1 aliphatic heterocycles. The van der Waals surface area contributed by atoms with Crippen LogP contribution in [0.4, 0.5) is 5.69 Å². The number of hydrogen-bond donors (Lipinski definition) is 2. The Morgan fingerprint density at radius 1 is 1.45 bits per heavy atom. The van der Waals surface area contributed by atoms with E-state index in [2.05, 4.69) is 16.3 Å². The van der Waals surface area contributed by atoms with E-state index in [-0.39, 0.29) is 24.6 Å². The van der Waals surface area contributed by atoms with Crippen LogP contribution in [0.15, 0.2) is 35.4 Å². The first-order chi connectivity index (χ1) is 9.63. The molecule has 1 aromatic carbocycles. The molecule has 3 N–H and O–H groups in total. The lowest BCUT2D eigenvalue weighted by atomic mass is 10.1. The fourth-order valence-corrected chi connectivity index (χ4v) is 1.92. The lowest BCUT2D eigenvalue weighted by molar-refractivity contribution is -0.119. The summed E-state index contributed by atoms with van der Waals surface area (Å²) < 4.78 is 0. The fourth-order valence-electron chi connectivity index (χ4n) is 1.92. The maximum absolute atomic E-state index is 11.8. The van der Waals surface area contributed by atoms with Gasteiger partial charge in [-0.25, -0.2) is 0 Å². The first kappa shape index (κ1) is 13.6. The van der Waals surface area contributed by atoms with Gasteiger partial charge in [-0.05, 0) is 12.1 Å². The van der Waals surface area contributed by atoms with Crippen LogP contribution in [0.25, 0.3) is 0 Å². The summed E-state index contributed by atoms with van der Waals surface area (Å²) in [5.74, 6) is 1.39. The van der Waals surface area contributed by atoms with Gasteiger partial charge in [0.05, 0.1) is 12.2 Å². The summed E-state index contributed by atoms with van der Waals surface area (Å²) in [6.07, 6.45) is 5.25. The molecular weight excluding hydrogens is 256 g/mol. The van der Waals surface area contributed by atoms with E-state index in [4.69, 9.17) is 12.2 Å². The van der Waals surface area contributed by atoms with Crippen molar-refractivity contribution >= 4 is 23.2 Å². The lowest BCUT2D eigenvalue weighted by Gasteiger charge is -2.20. The molecule has 1 atom stereocenters. The van der Waals surface area contributed by atoms with E-state index in [0.717, 1.165) is 0 Å². The predicted octanol–water partition coefficient (Wildman–Crippen LogP) is -0.144. The summed E-state index contributed by atoms with van der Waals surface area (Å²) in [5.41, 5.74) is 6.32. The second-order valence-corrected chi connectivity index (χ2v) is 4.24. The van der Waals surface area contributed by atoms with Gasteiger partial charge in [0.2, 0.25) is 5.91 Å².